The van der Waals surface area contributed by atoms with Crippen LogP contribution in [0.2, 0.25) is 0 Å². The predicted molar refractivity (Wildman–Crippen MR) is 48.2 cm³/mol. The molecule has 2 atom stereocenters. The van der Waals surface area contributed by atoms with E-state index in [1.165, 1.54) is 12.8 Å². The molecule has 0 aromatic heterocycles. The summed E-state index contributed by atoms with van der Waals surface area (Å²) in [5, 5.41) is 10.9. The van der Waals surface area contributed by atoms with Crippen molar-refractivity contribution in [2.45, 2.75) is 45.1 Å². The molecule has 0 aromatic rings. The number of hydrogen-bond acceptors (Lipinski definition) is 3. The van der Waals surface area contributed by atoms with Gasteiger partial charge in [0.15, 0.2) is 6.04 Å². The molecular formula is C8H17N3O2. The molecule has 0 radical (unpaired) electrons. The van der Waals surface area contributed by atoms with Crippen molar-refractivity contribution >= 4 is 5.91 Å². The summed E-state index contributed by atoms with van der Waals surface area (Å²) < 4.78 is 0. The maximum absolute atomic E-state index is 11.1. The summed E-state index contributed by atoms with van der Waals surface area (Å²) in [6.07, 6.45) is 5.09. The second-order valence-corrected chi connectivity index (χ2v) is 3.38. The van der Waals surface area contributed by atoms with E-state index in [4.69, 9.17) is 0 Å². The summed E-state index contributed by atoms with van der Waals surface area (Å²) in [4.78, 5) is 11.1. The number of hydrogen-bond donors (Lipinski definition) is 3. The molecule has 5 heteroatoms. The highest BCUT2D eigenvalue weighted by Crippen LogP contribution is 2.04. The van der Waals surface area contributed by atoms with Crippen molar-refractivity contribution in [2.24, 2.45) is 0 Å². The average molecular weight is 187 g/mol. The highest BCUT2D eigenvalue weighted by molar-refractivity contribution is 5.80. The van der Waals surface area contributed by atoms with Crippen molar-refractivity contribution in [1.29, 1.82) is 0 Å². The first-order chi connectivity index (χ1) is 6.25. The van der Waals surface area contributed by atoms with Gasteiger partial charge in [0.2, 0.25) is 0 Å². The van der Waals surface area contributed by atoms with Crippen LogP contribution in [0.15, 0.2) is 0 Å². The molecule has 0 aliphatic carbocycles. The quantitative estimate of drug-likeness (QED) is 0.392. The van der Waals surface area contributed by atoms with Crippen molar-refractivity contribution in [2.75, 3.05) is 0 Å². The van der Waals surface area contributed by atoms with Gasteiger partial charge < -0.3 is 5.21 Å². The smallest absolute Gasteiger partial charge is 0.298 e. The lowest BCUT2D eigenvalue weighted by molar-refractivity contribution is -0.906. The topological polar surface area (TPSA) is 68.6 Å². The molecular weight excluding hydrogens is 170 g/mol. The Kier molecular flexibility index (Phi) is 4.14. The Morgan fingerprint density at radius 3 is 2.77 bits per heavy atom. The van der Waals surface area contributed by atoms with E-state index >= 15 is 0 Å². The maximum atomic E-state index is 11.1. The number of hydroxylamine groups is 1. The second-order valence-electron chi connectivity index (χ2n) is 3.38. The van der Waals surface area contributed by atoms with Gasteiger partial charge in [-0.05, 0) is 6.42 Å². The van der Waals surface area contributed by atoms with Crippen LogP contribution < -0.4 is 16.1 Å². The average Bonchev–Trinajstić information content (AvgIpc) is 2.42. The van der Waals surface area contributed by atoms with Crippen LogP contribution in [0.3, 0.4) is 0 Å². The first-order valence-electron chi connectivity index (χ1n) is 4.85. The molecule has 0 saturated carbocycles. The van der Waals surface area contributed by atoms with Gasteiger partial charge in [0.05, 0.1) is 0 Å². The van der Waals surface area contributed by atoms with Gasteiger partial charge in [-0.1, -0.05) is 31.7 Å². The molecule has 2 unspecified atom stereocenters. The van der Waals surface area contributed by atoms with Gasteiger partial charge in [-0.25, -0.2) is 5.43 Å². The Morgan fingerprint density at radius 1 is 1.46 bits per heavy atom. The zero-order valence-electron chi connectivity index (χ0n) is 7.93. The van der Waals surface area contributed by atoms with E-state index in [1.807, 2.05) is 0 Å². The molecule has 1 saturated heterocycles. The fourth-order valence-corrected chi connectivity index (χ4v) is 1.45. The Balaban J connectivity index is 2.16. The molecule has 0 bridgehead atoms. The summed E-state index contributed by atoms with van der Waals surface area (Å²) in [6, 6.07) is -0.447. The van der Waals surface area contributed by atoms with Crippen molar-refractivity contribution in [3.05, 3.63) is 5.21 Å². The molecule has 13 heavy (non-hydrogen) atoms. The van der Waals surface area contributed by atoms with Crippen molar-refractivity contribution in [1.82, 2.24) is 11.0 Å². The fraction of sp³-hybridized carbons (Fsp3) is 0.875. The lowest BCUT2D eigenvalue weighted by Gasteiger charge is -2.18. The fourth-order valence-electron chi connectivity index (χ4n) is 1.45. The summed E-state index contributed by atoms with van der Waals surface area (Å²) in [7, 11) is 0. The molecule has 1 amide bonds. The van der Waals surface area contributed by atoms with Crippen LogP contribution >= 0.6 is 0 Å². The summed E-state index contributed by atoms with van der Waals surface area (Å²) >= 11 is 0. The normalized spacial score (nSPS) is 27.7. The minimum atomic E-state index is -0.447. The van der Waals surface area contributed by atoms with E-state index in [0.29, 0.717) is 6.42 Å². The van der Waals surface area contributed by atoms with Gasteiger partial charge in [-0.2, -0.15) is 0 Å². The zero-order chi connectivity index (χ0) is 9.68. The van der Waals surface area contributed by atoms with E-state index in [-0.39, 0.29) is 11.1 Å². The third kappa shape index (κ3) is 2.95. The highest BCUT2D eigenvalue weighted by Gasteiger charge is 2.30. The molecule has 76 valence electrons. The Labute approximate surface area is 78.0 Å². The van der Waals surface area contributed by atoms with Crippen LogP contribution in [0.25, 0.3) is 0 Å². The van der Waals surface area contributed by atoms with E-state index < -0.39 is 6.04 Å². The highest BCUT2D eigenvalue weighted by atomic mass is 16.6. The number of unbranched alkanes of at least 4 members (excludes halogenated alkanes) is 3. The largest absolute Gasteiger partial charge is 0.611 e. The predicted octanol–water partition coefficient (Wildman–Crippen LogP) is -0.742. The van der Waals surface area contributed by atoms with Crippen LogP contribution in [0.5, 0.6) is 0 Å². The summed E-state index contributed by atoms with van der Waals surface area (Å²) in [5.74, 6) is -0.179. The summed E-state index contributed by atoms with van der Waals surface area (Å²) in [6.45, 7) is 2.13. The van der Waals surface area contributed by atoms with Gasteiger partial charge >= 0.3 is 0 Å². The minimum Gasteiger partial charge on any atom is -0.611 e. The Bertz CT molecular complexity index is 175. The third-order valence-corrected chi connectivity index (χ3v) is 2.29. The van der Waals surface area contributed by atoms with Crippen LogP contribution in [0, 0.1) is 5.21 Å². The van der Waals surface area contributed by atoms with E-state index in [9.17, 15) is 10.0 Å². The third-order valence-electron chi connectivity index (χ3n) is 2.29. The van der Waals surface area contributed by atoms with E-state index in [1.54, 1.807) is 0 Å². The summed E-state index contributed by atoms with van der Waals surface area (Å²) in [5.41, 5.74) is 4.64. The molecule has 5 nitrogen and oxygen atoms in total. The first kappa shape index (κ1) is 10.4. The standard InChI is InChI=1S/C8H17N3O2/c1-2-3-4-5-6-7-8(12)9-10-11(7)13/h7,10-11H,2-6H2,1H3,(H,9,12). The molecule has 0 spiro atoms. The Hall–Kier alpha value is -0.650. The van der Waals surface area contributed by atoms with Gasteiger partial charge in [0.1, 0.15) is 0 Å². The van der Waals surface area contributed by atoms with Crippen molar-refractivity contribution in [3.8, 4) is 0 Å². The van der Waals surface area contributed by atoms with Crippen LogP contribution in [-0.2, 0) is 4.79 Å². The van der Waals surface area contributed by atoms with Crippen LogP contribution in [-0.4, -0.2) is 11.9 Å². The van der Waals surface area contributed by atoms with Crippen molar-refractivity contribution < 1.29 is 9.97 Å². The molecule has 3 N–H and O–H groups in total. The maximum Gasteiger partial charge on any atom is 0.298 e. The molecule has 1 rings (SSSR count). The van der Waals surface area contributed by atoms with E-state index in [2.05, 4.69) is 17.9 Å². The van der Waals surface area contributed by atoms with Gasteiger partial charge in [0, 0.05) is 6.42 Å². The number of rotatable bonds is 5. The van der Waals surface area contributed by atoms with Gasteiger partial charge in [-0.3, -0.25) is 9.97 Å². The van der Waals surface area contributed by atoms with E-state index in [0.717, 1.165) is 12.8 Å². The molecule has 1 fully saturated rings. The number of carbonyl (C=O) groups is 1. The SMILES string of the molecule is CCCCCCC1C(=O)NN[NH+]1[O-]. The number of quaternary nitrogens is 1. The number of carbonyl (C=O) groups excluding carboxylic acids is 1. The Morgan fingerprint density at radius 2 is 2.23 bits per heavy atom. The van der Waals surface area contributed by atoms with Crippen LogP contribution in [0.4, 0.5) is 0 Å². The minimum absolute atomic E-state index is 0.179. The molecule has 0 aromatic carbocycles. The lowest BCUT2D eigenvalue weighted by Crippen LogP contribution is -3.15. The number of hydrazine groups is 1. The van der Waals surface area contributed by atoms with Gasteiger partial charge in [-0.15, -0.1) is 0 Å². The molecule has 1 aliphatic rings. The monoisotopic (exact) mass is 187 g/mol. The number of amides is 1. The molecule has 1 heterocycles. The van der Waals surface area contributed by atoms with Crippen LogP contribution in [0.1, 0.15) is 39.0 Å². The van der Waals surface area contributed by atoms with Crippen molar-refractivity contribution in [3.63, 3.8) is 0 Å². The lowest BCUT2D eigenvalue weighted by atomic mass is 10.1. The first-order valence-corrected chi connectivity index (χ1v) is 4.85. The van der Waals surface area contributed by atoms with Gasteiger partial charge in [0.25, 0.3) is 5.91 Å². The number of nitrogens with one attached hydrogen (secondary N) is 3. The second kappa shape index (κ2) is 5.16. The zero-order valence-corrected chi connectivity index (χ0v) is 7.93. The molecule has 1 aliphatic heterocycles.